The van der Waals surface area contributed by atoms with Crippen LogP contribution in [0.3, 0.4) is 0 Å². The zero-order chi connectivity index (χ0) is 19.8. The molecule has 0 unspecified atom stereocenters. The molecular formula is C21H20BrN7. The van der Waals surface area contributed by atoms with E-state index >= 15 is 0 Å². The van der Waals surface area contributed by atoms with Crippen molar-refractivity contribution in [1.29, 1.82) is 0 Å². The molecule has 7 nitrogen and oxygen atoms in total. The summed E-state index contributed by atoms with van der Waals surface area (Å²) in [6.45, 7) is 1.99. The molecule has 0 radical (unpaired) electrons. The monoisotopic (exact) mass is 449 g/mol. The van der Waals surface area contributed by atoms with Gasteiger partial charge in [0.25, 0.3) is 0 Å². The zero-order valence-corrected chi connectivity index (χ0v) is 17.3. The first-order chi connectivity index (χ1) is 14.2. The van der Waals surface area contributed by atoms with E-state index in [9.17, 15) is 0 Å². The summed E-state index contributed by atoms with van der Waals surface area (Å²) in [5.41, 5.74) is 11.9. The lowest BCUT2D eigenvalue weighted by Gasteiger charge is -2.23. The van der Waals surface area contributed by atoms with Crippen molar-refractivity contribution in [2.75, 3.05) is 18.8 Å². The van der Waals surface area contributed by atoms with Crippen molar-refractivity contribution in [2.24, 2.45) is 0 Å². The number of nitrogens with two attached hydrogens (primary N) is 1. The number of hydrogen-bond donors (Lipinski definition) is 2. The van der Waals surface area contributed by atoms with Crippen molar-refractivity contribution in [2.45, 2.75) is 18.8 Å². The minimum Gasteiger partial charge on any atom is -0.383 e. The molecule has 0 atom stereocenters. The van der Waals surface area contributed by atoms with E-state index < -0.39 is 0 Å². The number of rotatable bonds is 3. The van der Waals surface area contributed by atoms with Crippen LogP contribution in [0, 0.1) is 0 Å². The van der Waals surface area contributed by atoms with Crippen LogP contribution in [0.5, 0.6) is 0 Å². The highest BCUT2D eigenvalue weighted by molar-refractivity contribution is 9.10. The molecule has 0 bridgehead atoms. The molecule has 1 aliphatic rings. The van der Waals surface area contributed by atoms with Gasteiger partial charge in [-0.3, -0.25) is 9.97 Å². The highest BCUT2D eigenvalue weighted by Gasteiger charge is 2.23. The van der Waals surface area contributed by atoms with Crippen molar-refractivity contribution < 1.29 is 0 Å². The summed E-state index contributed by atoms with van der Waals surface area (Å²) < 4.78 is 2.54. The van der Waals surface area contributed by atoms with Crippen LogP contribution in [0.4, 0.5) is 5.82 Å². The molecule has 0 amide bonds. The van der Waals surface area contributed by atoms with Gasteiger partial charge in [-0.2, -0.15) is 9.61 Å². The molecule has 5 heterocycles. The topological polar surface area (TPSA) is 94.0 Å². The maximum Gasteiger partial charge on any atom is 0.165 e. The van der Waals surface area contributed by atoms with Gasteiger partial charge in [0, 0.05) is 41.2 Å². The first kappa shape index (κ1) is 18.2. The van der Waals surface area contributed by atoms with Crippen LogP contribution in [-0.2, 0) is 0 Å². The smallest absolute Gasteiger partial charge is 0.165 e. The molecule has 3 N–H and O–H groups in total. The summed E-state index contributed by atoms with van der Waals surface area (Å²) in [7, 11) is 0. The summed E-state index contributed by atoms with van der Waals surface area (Å²) in [5.74, 6) is 0.960. The van der Waals surface area contributed by atoms with E-state index in [1.807, 2.05) is 36.7 Å². The number of piperidine rings is 1. The van der Waals surface area contributed by atoms with E-state index in [4.69, 9.17) is 10.7 Å². The summed E-state index contributed by atoms with van der Waals surface area (Å²) in [4.78, 5) is 13.8. The first-order valence-electron chi connectivity index (χ1n) is 9.62. The first-order valence-corrected chi connectivity index (χ1v) is 10.4. The molecule has 4 aromatic rings. The van der Waals surface area contributed by atoms with Gasteiger partial charge in [-0.1, -0.05) is 6.07 Å². The Kier molecular flexibility index (Phi) is 4.73. The Labute approximate surface area is 176 Å². The Balaban J connectivity index is 1.57. The predicted molar refractivity (Wildman–Crippen MR) is 116 cm³/mol. The van der Waals surface area contributed by atoms with Crippen molar-refractivity contribution in [3.63, 3.8) is 0 Å². The van der Waals surface area contributed by atoms with E-state index in [1.165, 1.54) is 0 Å². The van der Waals surface area contributed by atoms with Gasteiger partial charge in [0.2, 0.25) is 0 Å². The Morgan fingerprint density at radius 2 is 1.93 bits per heavy atom. The van der Waals surface area contributed by atoms with Crippen LogP contribution in [0.15, 0.2) is 53.5 Å². The van der Waals surface area contributed by atoms with Crippen LogP contribution in [0.25, 0.3) is 28.0 Å². The highest BCUT2D eigenvalue weighted by atomic mass is 79.9. The van der Waals surface area contributed by atoms with Crippen molar-refractivity contribution in [1.82, 2.24) is 29.9 Å². The maximum absolute atomic E-state index is 6.39. The fraction of sp³-hybridized carbons (Fsp3) is 0.238. The molecular weight excluding hydrogens is 430 g/mol. The van der Waals surface area contributed by atoms with Gasteiger partial charge in [-0.05, 0) is 60.1 Å². The van der Waals surface area contributed by atoms with Gasteiger partial charge in [0.1, 0.15) is 5.82 Å². The molecule has 0 aliphatic carbocycles. The van der Waals surface area contributed by atoms with Crippen molar-refractivity contribution >= 4 is 27.4 Å². The summed E-state index contributed by atoms with van der Waals surface area (Å²) in [6, 6.07) is 7.93. The summed E-state index contributed by atoms with van der Waals surface area (Å²) in [6.07, 6.45) is 9.31. The number of hydrogen-bond acceptors (Lipinski definition) is 6. The fourth-order valence-corrected chi connectivity index (χ4v) is 4.40. The molecule has 0 spiro atoms. The Morgan fingerprint density at radius 1 is 1.07 bits per heavy atom. The van der Waals surface area contributed by atoms with Crippen LogP contribution < -0.4 is 11.1 Å². The molecule has 0 aromatic carbocycles. The van der Waals surface area contributed by atoms with Gasteiger partial charge in [-0.15, -0.1) is 0 Å². The average Bonchev–Trinajstić information content (AvgIpc) is 3.22. The molecule has 8 heteroatoms. The van der Waals surface area contributed by atoms with Gasteiger partial charge < -0.3 is 11.1 Å². The number of halogens is 1. The average molecular weight is 450 g/mol. The number of fused-ring (bicyclic) bond motifs is 1. The number of anilines is 1. The van der Waals surface area contributed by atoms with Crippen LogP contribution in [0.2, 0.25) is 0 Å². The molecule has 4 aromatic heterocycles. The number of aromatic nitrogens is 5. The zero-order valence-electron chi connectivity index (χ0n) is 15.7. The third-order valence-corrected chi connectivity index (χ3v) is 6.22. The normalized spacial score (nSPS) is 15.1. The Morgan fingerprint density at radius 3 is 2.66 bits per heavy atom. The van der Waals surface area contributed by atoms with E-state index in [1.54, 1.807) is 16.9 Å². The molecule has 1 aliphatic heterocycles. The number of nitrogens with one attached hydrogen (secondary N) is 1. The SMILES string of the molecule is Nc1c(Br)c(C2CCNCC2)nc2c(-c3ccc(-c4cccnc4)nc3)cnn12. The standard InChI is InChI=1S/C21H20BrN7/c22-18-19(13-5-8-24-9-6-13)28-21-16(12-27-29(21)20(18)23)14-3-4-17(26-11-14)15-2-1-7-25-10-15/h1-4,7,10-13,24H,5-6,8-9,23H2. The minimum absolute atomic E-state index is 0.381. The van der Waals surface area contributed by atoms with E-state index in [2.05, 4.69) is 36.3 Å². The van der Waals surface area contributed by atoms with Gasteiger partial charge in [0.05, 0.1) is 22.1 Å². The number of nitrogens with zero attached hydrogens (tertiary/aromatic N) is 5. The predicted octanol–water partition coefficient (Wildman–Crippen LogP) is 3.67. The van der Waals surface area contributed by atoms with E-state index in [-0.39, 0.29) is 0 Å². The van der Waals surface area contributed by atoms with E-state index in [0.29, 0.717) is 11.7 Å². The largest absolute Gasteiger partial charge is 0.383 e. The lowest BCUT2D eigenvalue weighted by Crippen LogP contribution is -2.27. The Hall–Kier alpha value is -2.84. The molecule has 0 saturated carbocycles. The third kappa shape index (κ3) is 3.28. The summed E-state index contributed by atoms with van der Waals surface area (Å²) >= 11 is 3.65. The molecule has 1 fully saturated rings. The van der Waals surface area contributed by atoms with Crippen molar-refractivity contribution in [3.05, 3.63) is 59.2 Å². The quantitative estimate of drug-likeness (QED) is 0.495. The number of nitrogen functional groups attached to an aromatic ring is 1. The van der Waals surface area contributed by atoms with Gasteiger partial charge in [-0.25, -0.2) is 4.98 Å². The summed E-state index contributed by atoms with van der Waals surface area (Å²) in [5, 5.41) is 7.87. The molecule has 1 saturated heterocycles. The lowest BCUT2D eigenvalue weighted by atomic mass is 9.94. The Bertz CT molecular complexity index is 1150. The van der Waals surface area contributed by atoms with Crippen LogP contribution in [0.1, 0.15) is 24.5 Å². The highest BCUT2D eigenvalue weighted by Crippen LogP contribution is 2.36. The van der Waals surface area contributed by atoms with E-state index in [0.717, 1.165) is 64.1 Å². The second kappa shape index (κ2) is 7.53. The fourth-order valence-electron chi connectivity index (χ4n) is 3.82. The lowest BCUT2D eigenvalue weighted by molar-refractivity contribution is 0.452. The van der Waals surface area contributed by atoms with Crippen LogP contribution in [-0.4, -0.2) is 37.7 Å². The number of pyridine rings is 2. The minimum atomic E-state index is 0.381. The van der Waals surface area contributed by atoms with Gasteiger partial charge >= 0.3 is 0 Å². The molecule has 146 valence electrons. The molecule has 5 rings (SSSR count). The second-order valence-electron chi connectivity index (χ2n) is 7.19. The van der Waals surface area contributed by atoms with Crippen LogP contribution >= 0.6 is 15.9 Å². The maximum atomic E-state index is 6.39. The third-order valence-electron chi connectivity index (χ3n) is 5.41. The molecule has 29 heavy (non-hydrogen) atoms. The van der Waals surface area contributed by atoms with Crippen molar-refractivity contribution in [3.8, 4) is 22.4 Å². The second-order valence-corrected chi connectivity index (χ2v) is 7.98. The van der Waals surface area contributed by atoms with Gasteiger partial charge in [0.15, 0.2) is 5.65 Å².